The van der Waals surface area contributed by atoms with E-state index in [1.165, 1.54) is 5.56 Å². The van der Waals surface area contributed by atoms with Crippen molar-refractivity contribution < 1.29 is 14.3 Å². The van der Waals surface area contributed by atoms with Crippen molar-refractivity contribution in [2.45, 2.75) is 32.2 Å². The van der Waals surface area contributed by atoms with E-state index in [4.69, 9.17) is 15.2 Å². The van der Waals surface area contributed by atoms with Crippen molar-refractivity contribution in [3.63, 3.8) is 0 Å². The molecule has 1 unspecified atom stereocenters. The molecule has 0 aromatic heterocycles. The summed E-state index contributed by atoms with van der Waals surface area (Å²) in [6.07, 6.45) is 0.803. The third kappa shape index (κ3) is 6.70. The third-order valence-electron chi connectivity index (χ3n) is 4.37. The molecule has 5 nitrogen and oxygen atoms in total. The van der Waals surface area contributed by atoms with Gasteiger partial charge in [0.1, 0.15) is 5.75 Å². The third-order valence-corrected chi connectivity index (χ3v) is 4.37. The molecule has 0 aliphatic carbocycles. The molecule has 2 rings (SSSR count). The summed E-state index contributed by atoms with van der Waals surface area (Å²) in [4.78, 5) is 12.4. The van der Waals surface area contributed by atoms with Crippen molar-refractivity contribution in [3.05, 3.63) is 65.2 Å². The predicted molar refractivity (Wildman–Crippen MR) is 108 cm³/mol. The molecule has 0 aliphatic rings. The molecular weight excluding hydrogens is 340 g/mol. The maximum Gasteiger partial charge on any atom is 0.251 e. The Hall–Kier alpha value is -2.37. The molecule has 27 heavy (non-hydrogen) atoms. The molecule has 3 N–H and O–H groups in total. The molecule has 0 heterocycles. The monoisotopic (exact) mass is 370 g/mol. The van der Waals surface area contributed by atoms with Crippen LogP contribution in [0, 0.1) is 0 Å². The SMILES string of the molecule is COCCCOc1cccc(C(=O)NCC(N)c2ccc(C(C)C)cc2)c1. The van der Waals surface area contributed by atoms with Crippen LogP contribution in [0.4, 0.5) is 0 Å². The number of benzene rings is 2. The number of amides is 1. The van der Waals surface area contributed by atoms with E-state index < -0.39 is 0 Å². The number of hydrogen-bond acceptors (Lipinski definition) is 4. The highest BCUT2D eigenvalue weighted by atomic mass is 16.5. The second-order valence-corrected chi connectivity index (χ2v) is 6.86. The summed E-state index contributed by atoms with van der Waals surface area (Å²) >= 11 is 0. The average Bonchev–Trinajstić information content (AvgIpc) is 2.69. The quantitative estimate of drug-likeness (QED) is 0.626. The Morgan fingerprint density at radius 1 is 1.07 bits per heavy atom. The highest BCUT2D eigenvalue weighted by Gasteiger charge is 2.11. The van der Waals surface area contributed by atoms with Crippen LogP contribution in [0.25, 0.3) is 0 Å². The Morgan fingerprint density at radius 3 is 2.44 bits per heavy atom. The van der Waals surface area contributed by atoms with Gasteiger partial charge in [0, 0.05) is 38.3 Å². The number of carbonyl (C=O) groups is 1. The van der Waals surface area contributed by atoms with E-state index in [0.717, 1.165) is 12.0 Å². The fourth-order valence-corrected chi connectivity index (χ4v) is 2.67. The van der Waals surface area contributed by atoms with Crippen LogP contribution in [0.2, 0.25) is 0 Å². The van der Waals surface area contributed by atoms with Gasteiger partial charge in [-0.25, -0.2) is 0 Å². The van der Waals surface area contributed by atoms with Crippen molar-refractivity contribution in [2.24, 2.45) is 5.73 Å². The van der Waals surface area contributed by atoms with Crippen molar-refractivity contribution >= 4 is 5.91 Å². The van der Waals surface area contributed by atoms with Gasteiger partial charge in [0.15, 0.2) is 0 Å². The topological polar surface area (TPSA) is 73.6 Å². The van der Waals surface area contributed by atoms with E-state index in [0.29, 0.717) is 37.0 Å². The van der Waals surface area contributed by atoms with Gasteiger partial charge in [0.25, 0.3) is 5.91 Å². The van der Waals surface area contributed by atoms with Crippen LogP contribution in [0.1, 0.15) is 53.7 Å². The van der Waals surface area contributed by atoms with Gasteiger partial charge in [-0.3, -0.25) is 4.79 Å². The minimum atomic E-state index is -0.247. The molecule has 0 saturated carbocycles. The molecule has 1 atom stereocenters. The van der Waals surface area contributed by atoms with Crippen molar-refractivity contribution in [1.82, 2.24) is 5.32 Å². The minimum absolute atomic E-state index is 0.161. The number of nitrogens with two attached hydrogens (primary N) is 1. The average molecular weight is 370 g/mol. The summed E-state index contributed by atoms with van der Waals surface area (Å²) in [5.74, 6) is 0.998. The van der Waals surface area contributed by atoms with Crippen molar-refractivity contribution in [1.29, 1.82) is 0 Å². The van der Waals surface area contributed by atoms with Crippen LogP contribution < -0.4 is 15.8 Å². The number of hydrogen-bond donors (Lipinski definition) is 2. The smallest absolute Gasteiger partial charge is 0.251 e. The standard InChI is InChI=1S/C22H30N2O3/c1-16(2)17-8-10-18(11-9-17)21(23)15-24-22(25)19-6-4-7-20(14-19)27-13-5-12-26-3/h4,6-11,14,16,21H,5,12-13,15,23H2,1-3H3,(H,24,25). The van der Waals surface area contributed by atoms with Crippen LogP contribution in [-0.2, 0) is 4.74 Å². The predicted octanol–water partition coefficient (Wildman–Crippen LogP) is 3.66. The van der Waals surface area contributed by atoms with Gasteiger partial charge in [0.2, 0.25) is 0 Å². The summed E-state index contributed by atoms with van der Waals surface area (Å²) in [6, 6.07) is 15.1. The molecule has 0 aliphatic heterocycles. The summed E-state index contributed by atoms with van der Waals surface area (Å²) in [5.41, 5.74) is 9.06. The van der Waals surface area contributed by atoms with Gasteiger partial charge in [-0.1, -0.05) is 44.2 Å². The van der Waals surface area contributed by atoms with Gasteiger partial charge in [0.05, 0.1) is 6.61 Å². The Labute approximate surface area is 161 Å². The zero-order valence-corrected chi connectivity index (χ0v) is 16.4. The van der Waals surface area contributed by atoms with Gasteiger partial charge in [-0.05, 0) is 35.2 Å². The van der Waals surface area contributed by atoms with E-state index in [2.05, 4.69) is 31.3 Å². The van der Waals surface area contributed by atoms with Crippen molar-refractivity contribution in [2.75, 3.05) is 26.9 Å². The Balaban J connectivity index is 1.87. The number of nitrogens with one attached hydrogen (secondary N) is 1. The summed E-state index contributed by atoms with van der Waals surface area (Å²) in [5, 5.41) is 2.90. The number of rotatable bonds is 10. The van der Waals surface area contributed by atoms with Gasteiger partial charge in [-0.15, -0.1) is 0 Å². The largest absolute Gasteiger partial charge is 0.493 e. The first-order valence-electron chi connectivity index (χ1n) is 9.36. The zero-order chi connectivity index (χ0) is 19.6. The highest BCUT2D eigenvalue weighted by Crippen LogP contribution is 2.18. The van der Waals surface area contributed by atoms with Crippen LogP contribution >= 0.6 is 0 Å². The molecule has 1 amide bonds. The fraction of sp³-hybridized carbons (Fsp3) is 0.409. The number of ether oxygens (including phenoxy) is 2. The number of methoxy groups -OCH3 is 1. The Morgan fingerprint density at radius 2 is 1.78 bits per heavy atom. The zero-order valence-electron chi connectivity index (χ0n) is 16.4. The van der Waals surface area contributed by atoms with Gasteiger partial charge >= 0.3 is 0 Å². The summed E-state index contributed by atoms with van der Waals surface area (Å²) in [7, 11) is 1.66. The first kappa shape index (κ1) is 20.9. The second-order valence-electron chi connectivity index (χ2n) is 6.86. The Bertz CT molecular complexity index is 714. The number of carbonyl (C=O) groups excluding carboxylic acids is 1. The first-order chi connectivity index (χ1) is 13.0. The van der Waals surface area contributed by atoms with E-state index in [9.17, 15) is 4.79 Å². The van der Waals surface area contributed by atoms with Crippen LogP contribution in [-0.4, -0.2) is 32.8 Å². The molecular formula is C22H30N2O3. The maximum absolute atomic E-state index is 12.4. The normalized spacial score (nSPS) is 12.0. The molecule has 0 fully saturated rings. The minimum Gasteiger partial charge on any atom is -0.493 e. The van der Waals surface area contributed by atoms with E-state index >= 15 is 0 Å². The Kier molecular flexibility index (Phi) is 8.30. The highest BCUT2D eigenvalue weighted by molar-refractivity contribution is 5.94. The second kappa shape index (κ2) is 10.7. The molecule has 0 spiro atoms. The molecule has 146 valence electrons. The van der Waals surface area contributed by atoms with E-state index in [1.54, 1.807) is 19.2 Å². The molecule has 0 saturated heterocycles. The van der Waals surface area contributed by atoms with E-state index in [1.807, 2.05) is 24.3 Å². The molecule has 2 aromatic carbocycles. The lowest BCUT2D eigenvalue weighted by Gasteiger charge is -2.15. The summed E-state index contributed by atoms with van der Waals surface area (Å²) < 4.78 is 10.6. The fourth-order valence-electron chi connectivity index (χ4n) is 2.67. The van der Waals surface area contributed by atoms with E-state index in [-0.39, 0.29) is 11.9 Å². The lowest BCUT2D eigenvalue weighted by atomic mass is 9.99. The molecule has 2 aromatic rings. The molecule has 0 bridgehead atoms. The lowest BCUT2D eigenvalue weighted by Crippen LogP contribution is -2.31. The summed E-state index contributed by atoms with van der Waals surface area (Å²) in [6.45, 7) is 5.89. The first-order valence-corrected chi connectivity index (χ1v) is 9.36. The van der Waals surface area contributed by atoms with Crippen LogP contribution in [0.3, 0.4) is 0 Å². The maximum atomic E-state index is 12.4. The van der Waals surface area contributed by atoms with Crippen LogP contribution in [0.5, 0.6) is 5.75 Å². The molecule has 0 radical (unpaired) electrons. The molecule has 5 heteroatoms. The van der Waals surface area contributed by atoms with Crippen LogP contribution in [0.15, 0.2) is 48.5 Å². The van der Waals surface area contributed by atoms with Crippen molar-refractivity contribution in [3.8, 4) is 5.75 Å². The van der Waals surface area contributed by atoms with Gasteiger partial charge in [-0.2, -0.15) is 0 Å². The van der Waals surface area contributed by atoms with Gasteiger partial charge < -0.3 is 20.5 Å². The lowest BCUT2D eigenvalue weighted by molar-refractivity contribution is 0.0950.